The lowest BCUT2D eigenvalue weighted by molar-refractivity contribution is 0.938. The van der Waals surface area contributed by atoms with Gasteiger partial charge in [-0.2, -0.15) is 5.10 Å². The number of aromatic amines is 1. The predicted octanol–water partition coefficient (Wildman–Crippen LogP) is 0.915. The molecule has 2 aromatic rings. The van der Waals surface area contributed by atoms with Gasteiger partial charge in [-0.3, -0.25) is 0 Å². The highest BCUT2D eigenvalue weighted by molar-refractivity contribution is 5.68. The summed E-state index contributed by atoms with van der Waals surface area (Å²) in [5, 5.41) is 7.88. The fraction of sp³-hybridized carbons (Fsp3) is 0.286. The Balaban J connectivity index is 2.67. The molecular formula is C7H8N4. The van der Waals surface area contributed by atoms with Crippen molar-refractivity contribution in [3.8, 4) is 0 Å². The van der Waals surface area contributed by atoms with Gasteiger partial charge < -0.3 is 4.98 Å². The topological polar surface area (TPSA) is 54.5 Å². The lowest BCUT2D eigenvalue weighted by Gasteiger charge is -1.91. The highest BCUT2D eigenvalue weighted by Gasteiger charge is 1.98. The normalized spacial score (nSPS) is 10.6. The Hall–Kier alpha value is -1.45. The molecule has 0 aliphatic rings. The number of fused-ring (bicyclic) bond motifs is 1. The van der Waals surface area contributed by atoms with Gasteiger partial charge in [-0.25, -0.2) is 4.98 Å². The van der Waals surface area contributed by atoms with Gasteiger partial charge in [0.1, 0.15) is 0 Å². The van der Waals surface area contributed by atoms with Crippen molar-refractivity contribution in [3.05, 3.63) is 18.1 Å². The van der Waals surface area contributed by atoms with Crippen LogP contribution in [0.15, 0.2) is 12.4 Å². The molecule has 11 heavy (non-hydrogen) atoms. The van der Waals surface area contributed by atoms with Crippen LogP contribution in [0.1, 0.15) is 12.6 Å². The minimum Gasteiger partial charge on any atom is -0.343 e. The zero-order chi connectivity index (χ0) is 7.68. The lowest BCUT2D eigenvalue weighted by atomic mass is 10.3. The lowest BCUT2D eigenvalue weighted by Crippen LogP contribution is -1.90. The smallest absolute Gasteiger partial charge is 0.199 e. The second-order valence-corrected chi connectivity index (χ2v) is 2.33. The number of hydrogen-bond donors (Lipinski definition) is 1. The first-order valence-corrected chi connectivity index (χ1v) is 3.56. The third-order valence-electron chi connectivity index (χ3n) is 1.59. The van der Waals surface area contributed by atoms with Gasteiger partial charge in [0, 0.05) is 0 Å². The number of rotatable bonds is 1. The Morgan fingerprint density at radius 2 is 2.36 bits per heavy atom. The summed E-state index contributed by atoms with van der Waals surface area (Å²) in [5.74, 6) is 0. The molecule has 0 spiro atoms. The van der Waals surface area contributed by atoms with Crippen molar-refractivity contribution in [2.45, 2.75) is 13.3 Å². The molecule has 2 rings (SSSR count). The first-order chi connectivity index (χ1) is 5.40. The van der Waals surface area contributed by atoms with Gasteiger partial charge in [-0.1, -0.05) is 6.92 Å². The largest absolute Gasteiger partial charge is 0.343 e. The Morgan fingerprint density at radius 1 is 1.45 bits per heavy atom. The third-order valence-corrected chi connectivity index (χ3v) is 1.59. The molecule has 4 heteroatoms. The van der Waals surface area contributed by atoms with Crippen LogP contribution in [0.3, 0.4) is 0 Å². The maximum atomic E-state index is 3.97. The Kier molecular flexibility index (Phi) is 1.31. The quantitative estimate of drug-likeness (QED) is 0.654. The van der Waals surface area contributed by atoms with E-state index in [0.717, 1.165) is 17.6 Å². The first kappa shape index (κ1) is 6.27. The molecule has 0 aliphatic carbocycles. The van der Waals surface area contributed by atoms with Crippen LogP contribution in [0.5, 0.6) is 0 Å². The second kappa shape index (κ2) is 2.30. The van der Waals surface area contributed by atoms with E-state index in [-0.39, 0.29) is 0 Å². The third kappa shape index (κ3) is 0.960. The molecule has 1 N–H and O–H groups in total. The average Bonchev–Trinajstić information content (AvgIpc) is 2.50. The van der Waals surface area contributed by atoms with Crippen molar-refractivity contribution in [1.29, 1.82) is 0 Å². The number of nitrogens with zero attached hydrogens (tertiary/aromatic N) is 3. The van der Waals surface area contributed by atoms with Crippen LogP contribution < -0.4 is 0 Å². The van der Waals surface area contributed by atoms with Crippen LogP contribution in [0.4, 0.5) is 0 Å². The van der Waals surface area contributed by atoms with Gasteiger partial charge in [0.05, 0.1) is 17.5 Å². The molecule has 2 heterocycles. The number of hydrogen-bond acceptors (Lipinski definition) is 3. The predicted molar refractivity (Wildman–Crippen MR) is 41.1 cm³/mol. The van der Waals surface area contributed by atoms with E-state index < -0.39 is 0 Å². The number of aromatic nitrogens is 4. The fourth-order valence-electron chi connectivity index (χ4n) is 0.963. The van der Waals surface area contributed by atoms with Gasteiger partial charge in [-0.15, -0.1) is 5.10 Å². The second-order valence-electron chi connectivity index (χ2n) is 2.33. The molecule has 0 aromatic carbocycles. The Morgan fingerprint density at radius 3 is 3.18 bits per heavy atom. The number of aryl methyl sites for hydroxylation is 1. The molecule has 0 atom stereocenters. The van der Waals surface area contributed by atoms with Crippen molar-refractivity contribution in [2.24, 2.45) is 0 Å². The molecule has 0 aliphatic heterocycles. The van der Waals surface area contributed by atoms with E-state index in [2.05, 4.69) is 20.2 Å². The maximum Gasteiger partial charge on any atom is 0.199 e. The zero-order valence-electron chi connectivity index (χ0n) is 6.20. The summed E-state index contributed by atoms with van der Waals surface area (Å²) in [6.45, 7) is 2.05. The highest BCUT2D eigenvalue weighted by Crippen LogP contribution is 2.05. The van der Waals surface area contributed by atoms with Crippen molar-refractivity contribution >= 4 is 11.2 Å². The van der Waals surface area contributed by atoms with Crippen LogP contribution in [0.2, 0.25) is 0 Å². The van der Waals surface area contributed by atoms with Crippen LogP contribution in [-0.4, -0.2) is 20.2 Å². The van der Waals surface area contributed by atoms with Crippen LogP contribution >= 0.6 is 0 Å². The van der Waals surface area contributed by atoms with Crippen LogP contribution in [0, 0.1) is 0 Å². The molecule has 0 saturated heterocycles. The molecular weight excluding hydrogens is 140 g/mol. The highest BCUT2D eigenvalue weighted by atomic mass is 15.1. The first-order valence-electron chi connectivity index (χ1n) is 3.56. The number of H-pyrrole nitrogens is 1. The molecule has 0 amide bonds. The van der Waals surface area contributed by atoms with Gasteiger partial charge in [-0.05, 0) is 12.5 Å². The van der Waals surface area contributed by atoms with E-state index in [0.29, 0.717) is 5.65 Å². The molecule has 0 saturated carbocycles. The van der Waals surface area contributed by atoms with Crippen molar-refractivity contribution in [1.82, 2.24) is 20.2 Å². The molecule has 0 fully saturated rings. The number of imidazole rings is 1. The maximum absolute atomic E-state index is 3.97. The molecule has 2 aromatic heterocycles. The van der Waals surface area contributed by atoms with Crippen LogP contribution in [-0.2, 0) is 6.42 Å². The minimum atomic E-state index is 0.683. The van der Waals surface area contributed by atoms with E-state index in [1.165, 1.54) is 0 Å². The summed E-state index contributed by atoms with van der Waals surface area (Å²) in [5.41, 5.74) is 2.63. The fourth-order valence-corrected chi connectivity index (χ4v) is 0.963. The van der Waals surface area contributed by atoms with E-state index in [9.17, 15) is 0 Å². The van der Waals surface area contributed by atoms with Crippen molar-refractivity contribution < 1.29 is 0 Å². The summed E-state index contributed by atoms with van der Waals surface area (Å²) in [6.07, 6.45) is 2.53. The Bertz CT molecular complexity index is 365. The van der Waals surface area contributed by atoms with Gasteiger partial charge in [0.15, 0.2) is 5.65 Å². The van der Waals surface area contributed by atoms with Crippen molar-refractivity contribution in [3.63, 3.8) is 0 Å². The van der Waals surface area contributed by atoms with Crippen molar-refractivity contribution in [2.75, 3.05) is 0 Å². The van der Waals surface area contributed by atoms with E-state index in [1.54, 1.807) is 6.33 Å². The molecule has 4 nitrogen and oxygen atoms in total. The molecule has 0 unspecified atom stereocenters. The number of nitrogens with one attached hydrogen (secondary N) is 1. The van der Waals surface area contributed by atoms with Crippen LogP contribution in [0.25, 0.3) is 11.2 Å². The molecule has 56 valence electrons. The monoisotopic (exact) mass is 148 g/mol. The standard InChI is InChI=1S/C7H8N4/c1-2-5-3-6-7(11-10-5)9-4-8-6/h3-4H,2H2,1H3,(H,8,9,11). The van der Waals surface area contributed by atoms with E-state index in [1.807, 2.05) is 13.0 Å². The van der Waals surface area contributed by atoms with Gasteiger partial charge in [0.25, 0.3) is 0 Å². The molecule has 0 bridgehead atoms. The summed E-state index contributed by atoms with van der Waals surface area (Å²) in [6, 6.07) is 1.97. The van der Waals surface area contributed by atoms with Gasteiger partial charge in [0.2, 0.25) is 0 Å². The summed E-state index contributed by atoms with van der Waals surface area (Å²) < 4.78 is 0. The Labute approximate surface area is 63.7 Å². The van der Waals surface area contributed by atoms with E-state index in [4.69, 9.17) is 0 Å². The minimum absolute atomic E-state index is 0.683. The summed E-state index contributed by atoms with van der Waals surface area (Å²) in [4.78, 5) is 6.95. The zero-order valence-corrected chi connectivity index (χ0v) is 6.20. The average molecular weight is 148 g/mol. The SMILES string of the molecule is CCc1cc2[nH]cnc2nn1. The van der Waals surface area contributed by atoms with Gasteiger partial charge >= 0.3 is 0 Å². The summed E-state index contributed by atoms with van der Waals surface area (Å²) in [7, 11) is 0. The summed E-state index contributed by atoms with van der Waals surface area (Å²) >= 11 is 0. The molecule has 0 radical (unpaired) electrons. The van der Waals surface area contributed by atoms with E-state index >= 15 is 0 Å².